The van der Waals surface area contributed by atoms with E-state index < -0.39 is 0 Å². The number of hydrogen-bond acceptors (Lipinski definition) is 3. The normalized spacial score (nSPS) is 9.06. The van der Waals surface area contributed by atoms with Crippen molar-refractivity contribution in [2.45, 2.75) is 13.3 Å². The van der Waals surface area contributed by atoms with Crippen LogP contribution in [0.1, 0.15) is 18.9 Å². The van der Waals surface area contributed by atoms with Gasteiger partial charge in [0, 0.05) is 19.9 Å². The highest BCUT2D eigenvalue weighted by molar-refractivity contribution is 5.72. The van der Waals surface area contributed by atoms with Gasteiger partial charge in [0.05, 0.1) is 0 Å². The molecule has 0 unspecified atom stereocenters. The lowest BCUT2D eigenvalue weighted by Gasteiger charge is -1.99. The van der Waals surface area contributed by atoms with E-state index in [1.54, 1.807) is 0 Å². The van der Waals surface area contributed by atoms with E-state index in [1.807, 2.05) is 0 Å². The number of carbonyl (C=O) groups excluding carboxylic acids is 1. The Morgan fingerprint density at radius 1 is 1.38 bits per heavy atom. The molecular formula is C12H13NO3. The Balaban J connectivity index is 2.60. The Labute approximate surface area is 93.9 Å². The average Bonchev–Trinajstić information content (AvgIpc) is 2.21. The molecule has 0 aliphatic carbocycles. The summed E-state index contributed by atoms with van der Waals surface area (Å²) in [6, 6.07) is 4.45. The van der Waals surface area contributed by atoms with E-state index in [9.17, 15) is 15.0 Å². The third-order valence-electron chi connectivity index (χ3n) is 1.86. The molecule has 1 amide bonds. The van der Waals surface area contributed by atoms with E-state index in [2.05, 4.69) is 17.2 Å². The van der Waals surface area contributed by atoms with Crippen LogP contribution in [0.4, 0.5) is 0 Å². The molecule has 0 aromatic heterocycles. The van der Waals surface area contributed by atoms with Crippen LogP contribution in [-0.4, -0.2) is 22.7 Å². The Morgan fingerprint density at radius 2 is 2.00 bits per heavy atom. The number of hydrogen-bond donors (Lipinski definition) is 3. The molecule has 84 valence electrons. The van der Waals surface area contributed by atoms with Crippen LogP contribution in [0, 0.1) is 11.8 Å². The number of phenolic OH excluding ortho intramolecular Hbond substituents is 2. The number of carbonyl (C=O) groups is 1. The van der Waals surface area contributed by atoms with E-state index >= 15 is 0 Å². The molecule has 0 saturated heterocycles. The van der Waals surface area contributed by atoms with Gasteiger partial charge in [-0.1, -0.05) is 17.9 Å². The molecule has 0 atom stereocenters. The first-order valence-electron chi connectivity index (χ1n) is 4.85. The summed E-state index contributed by atoms with van der Waals surface area (Å²) in [4.78, 5) is 10.5. The van der Waals surface area contributed by atoms with Crippen molar-refractivity contribution in [2.75, 3.05) is 6.54 Å². The molecule has 0 bridgehead atoms. The zero-order valence-corrected chi connectivity index (χ0v) is 8.95. The molecule has 16 heavy (non-hydrogen) atoms. The second-order valence-corrected chi connectivity index (χ2v) is 3.21. The molecule has 0 aliphatic heterocycles. The van der Waals surface area contributed by atoms with Gasteiger partial charge in [-0.25, -0.2) is 0 Å². The summed E-state index contributed by atoms with van der Waals surface area (Å²) in [7, 11) is 0. The maximum atomic E-state index is 10.5. The first kappa shape index (κ1) is 11.9. The second-order valence-electron chi connectivity index (χ2n) is 3.21. The summed E-state index contributed by atoms with van der Waals surface area (Å²) in [5.41, 5.74) is 0.213. The zero-order valence-electron chi connectivity index (χ0n) is 8.95. The summed E-state index contributed by atoms with van der Waals surface area (Å²) >= 11 is 0. The SMILES string of the molecule is CC(=O)NCCC#Cc1c(O)cccc1O. The molecule has 0 fully saturated rings. The minimum Gasteiger partial charge on any atom is -0.507 e. The van der Waals surface area contributed by atoms with Gasteiger partial charge in [-0.2, -0.15) is 0 Å². The number of nitrogens with one attached hydrogen (secondary N) is 1. The summed E-state index contributed by atoms with van der Waals surface area (Å²) < 4.78 is 0. The third kappa shape index (κ3) is 3.54. The Kier molecular flexibility index (Phi) is 4.22. The number of rotatable bonds is 2. The second kappa shape index (κ2) is 5.66. The Hall–Kier alpha value is -2.15. The van der Waals surface area contributed by atoms with Crippen LogP contribution in [0.3, 0.4) is 0 Å². The van der Waals surface area contributed by atoms with Crippen molar-refractivity contribution >= 4 is 5.91 Å². The zero-order chi connectivity index (χ0) is 12.0. The molecule has 1 aromatic carbocycles. The van der Waals surface area contributed by atoms with Crippen molar-refractivity contribution in [3.05, 3.63) is 23.8 Å². The summed E-state index contributed by atoms with van der Waals surface area (Å²) in [6.07, 6.45) is 0.466. The van der Waals surface area contributed by atoms with Gasteiger partial charge in [0.15, 0.2) is 0 Å². The van der Waals surface area contributed by atoms with Crippen molar-refractivity contribution < 1.29 is 15.0 Å². The summed E-state index contributed by atoms with van der Waals surface area (Å²) in [5, 5.41) is 21.4. The predicted octanol–water partition coefficient (Wildman–Crippen LogP) is 0.975. The molecular weight excluding hydrogens is 206 g/mol. The predicted molar refractivity (Wildman–Crippen MR) is 60.0 cm³/mol. The standard InChI is InChI=1S/C12H13NO3/c1-9(14)13-8-3-2-5-10-11(15)6-4-7-12(10)16/h4,6-7,15-16H,3,8H2,1H3,(H,13,14). The van der Waals surface area contributed by atoms with E-state index in [4.69, 9.17) is 0 Å². The van der Waals surface area contributed by atoms with Crippen LogP contribution in [-0.2, 0) is 4.79 Å². The van der Waals surface area contributed by atoms with Crippen LogP contribution in [0.2, 0.25) is 0 Å². The van der Waals surface area contributed by atoms with Crippen molar-refractivity contribution in [1.29, 1.82) is 0 Å². The highest BCUT2D eigenvalue weighted by Crippen LogP contribution is 2.24. The molecule has 1 aromatic rings. The van der Waals surface area contributed by atoms with Gasteiger partial charge in [-0.15, -0.1) is 0 Å². The first-order chi connectivity index (χ1) is 7.61. The van der Waals surface area contributed by atoms with Gasteiger partial charge in [0.2, 0.25) is 5.91 Å². The molecule has 4 heteroatoms. The quantitative estimate of drug-likeness (QED) is 0.513. The van der Waals surface area contributed by atoms with Gasteiger partial charge >= 0.3 is 0 Å². The van der Waals surface area contributed by atoms with Crippen molar-refractivity contribution in [2.24, 2.45) is 0 Å². The molecule has 4 nitrogen and oxygen atoms in total. The number of aromatic hydroxyl groups is 2. The summed E-state index contributed by atoms with van der Waals surface area (Å²) in [5.74, 6) is 5.21. The highest BCUT2D eigenvalue weighted by Gasteiger charge is 2.01. The number of benzene rings is 1. The highest BCUT2D eigenvalue weighted by atomic mass is 16.3. The average molecular weight is 219 g/mol. The maximum Gasteiger partial charge on any atom is 0.216 e. The van der Waals surface area contributed by atoms with Gasteiger partial charge in [-0.05, 0) is 12.1 Å². The lowest BCUT2D eigenvalue weighted by Crippen LogP contribution is -2.20. The Bertz CT molecular complexity index is 423. The van der Waals surface area contributed by atoms with E-state index in [1.165, 1.54) is 25.1 Å². The molecule has 0 saturated carbocycles. The fourth-order valence-corrected chi connectivity index (χ4v) is 1.11. The van der Waals surface area contributed by atoms with Crippen molar-refractivity contribution in [3.63, 3.8) is 0 Å². The van der Waals surface area contributed by atoms with Crippen LogP contribution in [0.25, 0.3) is 0 Å². The lowest BCUT2D eigenvalue weighted by molar-refractivity contribution is -0.118. The van der Waals surface area contributed by atoms with Gasteiger partial charge < -0.3 is 15.5 Å². The van der Waals surface area contributed by atoms with Crippen LogP contribution in [0.5, 0.6) is 11.5 Å². The van der Waals surface area contributed by atoms with E-state index in [-0.39, 0.29) is 23.0 Å². The largest absolute Gasteiger partial charge is 0.507 e. The molecule has 1 rings (SSSR count). The van der Waals surface area contributed by atoms with Gasteiger partial charge in [-0.3, -0.25) is 4.79 Å². The van der Waals surface area contributed by atoms with Crippen LogP contribution in [0.15, 0.2) is 18.2 Å². The van der Waals surface area contributed by atoms with E-state index in [0.29, 0.717) is 13.0 Å². The minimum atomic E-state index is -0.104. The first-order valence-corrected chi connectivity index (χ1v) is 4.85. The fourth-order valence-electron chi connectivity index (χ4n) is 1.11. The fraction of sp³-hybridized carbons (Fsp3) is 0.250. The molecule has 3 N–H and O–H groups in total. The molecule has 0 heterocycles. The van der Waals surface area contributed by atoms with Crippen LogP contribution >= 0.6 is 0 Å². The van der Waals surface area contributed by atoms with Crippen molar-refractivity contribution in [1.82, 2.24) is 5.32 Å². The molecule has 0 spiro atoms. The van der Waals surface area contributed by atoms with E-state index in [0.717, 1.165) is 0 Å². The molecule has 0 radical (unpaired) electrons. The topological polar surface area (TPSA) is 69.6 Å². The maximum absolute atomic E-state index is 10.5. The number of phenols is 2. The summed E-state index contributed by atoms with van der Waals surface area (Å²) in [6.45, 7) is 1.89. The monoisotopic (exact) mass is 219 g/mol. The molecule has 0 aliphatic rings. The Morgan fingerprint density at radius 3 is 2.56 bits per heavy atom. The van der Waals surface area contributed by atoms with Crippen molar-refractivity contribution in [3.8, 4) is 23.3 Å². The van der Waals surface area contributed by atoms with Gasteiger partial charge in [0.1, 0.15) is 17.1 Å². The number of amides is 1. The lowest BCUT2D eigenvalue weighted by atomic mass is 10.2. The smallest absolute Gasteiger partial charge is 0.216 e. The third-order valence-corrected chi connectivity index (χ3v) is 1.86. The van der Waals surface area contributed by atoms with Gasteiger partial charge in [0.25, 0.3) is 0 Å². The minimum absolute atomic E-state index is 0.0490. The van der Waals surface area contributed by atoms with Crippen LogP contribution < -0.4 is 5.32 Å².